The highest BCUT2D eigenvalue weighted by Crippen LogP contribution is 2.25. The van der Waals surface area contributed by atoms with E-state index in [1.54, 1.807) is 0 Å². The Hall–Kier alpha value is -0.610. The third-order valence-corrected chi connectivity index (χ3v) is 1.83. The summed E-state index contributed by atoms with van der Waals surface area (Å²) in [5.41, 5.74) is -1.26. The second-order valence-corrected chi connectivity index (χ2v) is 2.47. The van der Waals surface area contributed by atoms with Crippen molar-refractivity contribution >= 4 is 5.97 Å². The zero-order chi connectivity index (χ0) is 8.91. The Balaban J connectivity index is 4.32. The van der Waals surface area contributed by atoms with Gasteiger partial charge in [-0.3, -0.25) is 4.79 Å². The Morgan fingerprint density at radius 3 is 2.09 bits per heavy atom. The zero-order valence-corrected chi connectivity index (χ0v) is 6.29. The lowest BCUT2D eigenvalue weighted by atomic mass is 9.83. The maximum absolute atomic E-state index is 10.6. The largest absolute Gasteiger partial charge is 0.481 e. The van der Waals surface area contributed by atoms with Crippen molar-refractivity contribution in [3.05, 3.63) is 6.92 Å². The second-order valence-electron chi connectivity index (χ2n) is 2.47. The van der Waals surface area contributed by atoms with Crippen molar-refractivity contribution in [3.63, 3.8) is 0 Å². The van der Waals surface area contributed by atoms with Gasteiger partial charge >= 0.3 is 5.97 Å². The summed E-state index contributed by atoms with van der Waals surface area (Å²) in [6.07, 6.45) is 0.127. The van der Waals surface area contributed by atoms with Gasteiger partial charge in [0.1, 0.15) is 0 Å². The number of hydrogen-bond donors (Lipinski definition) is 3. The summed E-state index contributed by atoms with van der Waals surface area (Å²) in [5.74, 6) is -1.11. The third-order valence-electron chi connectivity index (χ3n) is 1.83. The molecular weight excluding hydrogens is 148 g/mol. The summed E-state index contributed by atoms with van der Waals surface area (Å²) in [6, 6.07) is 0. The Morgan fingerprint density at radius 2 is 2.00 bits per heavy atom. The monoisotopic (exact) mass is 161 g/mol. The minimum absolute atomic E-state index is 0.0440. The lowest BCUT2D eigenvalue weighted by Crippen LogP contribution is -2.35. The van der Waals surface area contributed by atoms with Crippen LogP contribution < -0.4 is 0 Å². The Kier molecular flexibility index (Phi) is 4.07. The fourth-order valence-corrected chi connectivity index (χ4v) is 0.779. The predicted octanol–water partition coefficient (Wildman–Crippen LogP) is -0.344. The van der Waals surface area contributed by atoms with Gasteiger partial charge in [-0.15, -0.1) is 0 Å². The van der Waals surface area contributed by atoms with Crippen LogP contribution in [0.3, 0.4) is 0 Å². The number of aliphatic hydroxyl groups is 2. The predicted molar refractivity (Wildman–Crippen MR) is 38.8 cm³/mol. The molecule has 0 heterocycles. The van der Waals surface area contributed by atoms with E-state index in [9.17, 15) is 4.79 Å². The molecule has 0 saturated heterocycles. The van der Waals surface area contributed by atoms with Gasteiger partial charge in [-0.25, -0.2) is 0 Å². The van der Waals surface area contributed by atoms with Crippen molar-refractivity contribution in [2.24, 2.45) is 5.41 Å². The molecule has 0 amide bonds. The Morgan fingerprint density at radius 1 is 1.45 bits per heavy atom. The van der Waals surface area contributed by atoms with E-state index < -0.39 is 18.0 Å². The average molecular weight is 161 g/mol. The molecule has 0 saturated carbocycles. The minimum Gasteiger partial charge on any atom is -0.481 e. The topological polar surface area (TPSA) is 77.8 Å². The van der Waals surface area contributed by atoms with Gasteiger partial charge in [-0.05, 0) is 12.8 Å². The summed E-state index contributed by atoms with van der Waals surface area (Å²) < 4.78 is 0. The lowest BCUT2D eigenvalue weighted by molar-refractivity contribution is -0.152. The van der Waals surface area contributed by atoms with E-state index in [0.717, 1.165) is 0 Å². The fraction of sp³-hybridized carbons (Fsp3) is 0.714. The second kappa shape index (κ2) is 4.31. The number of hydrogen-bond acceptors (Lipinski definition) is 3. The standard InChI is InChI=1S/C7H13O4/c1-2-7(5-9,3-4-8)6(10)11/h8-9H,1-5H2,(H,10,11). The van der Waals surface area contributed by atoms with Crippen molar-refractivity contribution in [2.45, 2.75) is 12.8 Å². The third kappa shape index (κ3) is 2.17. The molecule has 4 nitrogen and oxygen atoms in total. The first-order valence-electron chi connectivity index (χ1n) is 3.37. The van der Waals surface area contributed by atoms with E-state index in [4.69, 9.17) is 15.3 Å². The quantitative estimate of drug-likeness (QED) is 0.515. The van der Waals surface area contributed by atoms with Crippen LogP contribution in [0.4, 0.5) is 0 Å². The molecule has 0 spiro atoms. The molecule has 0 aromatic rings. The Labute approximate surface area is 65.5 Å². The molecule has 1 atom stereocenters. The van der Waals surface area contributed by atoms with Crippen molar-refractivity contribution in [1.82, 2.24) is 0 Å². The summed E-state index contributed by atoms with van der Waals surface area (Å²) in [5, 5.41) is 25.9. The molecule has 1 radical (unpaired) electrons. The first kappa shape index (κ1) is 10.4. The Bertz CT molecular complexity index is 128. The normalized spacial score (nSPS) is 15.9. The number of rotatable bonds is 5. The molecule has 0 bridgehead atoms. The van der Waals surface area contributed by atoms with Crippen LogP contribution in [0, 0.1) is 12.3 Å². The molecule has 65 valence electrons. The smallest absolute Gasteiger partial charge is 0.312 e. The average Bonchev–Trinajstić information content (AvgIpc) is 2.00. The summed E-state index contributed by atoms with van der Waals surface area (Å²) in [6.45, 7) is 2.69. The SMILES string of the molecule is [CH2]CC(CO)(CCO)C(=O)O. The highest BCUT2D eigenvalue weighted by Gasteiger charge is 2.35. The maximum atomic E-state index is 10.6. The highest BCUT2D eigenvalue weighted by molar-refractivity contribution is 5.74. The number of carboxylic acids is 1. The number of carbonyl (C=O) groups is 1. The van der Waals surface area contributed by atoms with E-state index in [0.29, 0.717) is 0 Å². The van der Waals surface area contributed by atoms with E-state index in [1.807, 2.05) is 0 Å². The summed E-state index contributed by atoms with van der Waals surface area (Å²) in [4.78, 5) is 10.6. The molecule has 0 aliphatic rings. The van der Waals surface area contributed by atoms with Gasteiger partial charge in [0.25, 0.3) is 0 Å². The molecule has 0 fully saturated rings. The fourth-order valence-electron chi connectivity index (χ4n) is 0.779. The van der Waals surface area contributed by atoms with Gasteiger partial charge in [-0.1, -0.05) is 6.92 Å². The van der Waals surface area contributed by atoms with Crippen LogP contribution in [-0.2, 0) is 4.79 Å². The van der Waals surface area contributed by atoms with Gasteiger partial charge in [0.2, 0.25) is 0 Å². The van der Waals surface area contributed by atoms with E-state index in [1.165, 1.54) is 0 Å². The van der Waals surface area contributed by atoms with Gasteiger partial charge in [0.15, 0.2) is 0 Å². The highest BCUT2D eigenvalue weighted by atomic mass is 16.4. The van der Waals surface area contributed by atoms with Crippen LogP contribution in [0.25, 0.3) is 0 Å². The molecule has 0 aromatic carbocycles. The first-order chi connectivity index (χ1) is 5.13. The summed E-state index contributed by atoms with van der Waals surface area (Å²) in [7, 11) is 0. The number of carboxylic acid groups (broad SMARTS) is 1. The lowest BCUT2D eigenvalue weighted by Gasteiger charge is -2.24. The van der Waals surface area contributed by atoms with Gasteiger partial charge in [0, 0.05) is 6.61 Å². The van der Waals surface area contributed by atoms with Gasteiger partial charge in [-0.2, -0.15) is 0 Å². The maximum Gasteiger partial charge on any atom is 0.312 e. The van der Waals surface area contributed by atoms with E-state index >= 15 is 0 Å². The van der Waals surface area contributed by atoms with Crippen molar-refractivity contribution < 1.29 is 20.1 Å². The molecular formula is C7H13O4. The van der Waals surface area contributed by atoms with Crippen molar-refractivity contribution in [2.75, 3.05) is 13.2 Å². The molecule has 0 rings (SSSR count). The first-order valence-corrected chi connectivity index (χ1v) is 3.37. The van der Waals surface area contributed by atoms with Gasteiger partial charge in [0.05, 0.1) is 12.0 Å². The summed E-state index contributed by atoms with van der Waals surface area (Å²) >= 11 is 0. The van der Waals surface area contributed by atoms with Crippen LogP contribution in [0.1, 0.15) is 12.8 Å². The van der Waals surface area contributed by atoms with Crippen LogP contribution in [0.2, 0.25) is 0 Å². The van der Waals surface area contributed by atoms with Crippen LogP contribution in [0.5, 0.6) is 0 Å². The van der Waals surface area contributed by atoms with E-state index in [-0.39, 0.29) is 19.4 Å². The molecule has 3 N–H and O–H groups in total. The molecule has 0 aliphatic carbocycles. The van der Waals surface area contributed by atoms with Crippen LogP contribution >= 0.6 is 0 Å². The van der Waals surface area contributed by atoms with Crippen LogP contribution in [0.15, 0.2) is 0 Å². The minimum atomic E-state index is -1.26. The molecule has 4 heteroatoms. The van der Waals surface area contributed by atoms with Crippen LogP contribution in [-0.4, -0.2) is 34.5 Å². The molecule has 0 aliphatic heterocycles. The van der Waals surface area contributed by atoms with Crippen molar-refractivity contribution in [3.8, 4) is 0 Å². The number of aliphatic hydroxyl groups excluding tert-OH is 2. The van der Waals surface area contributed by atoms with Gasteiger partial charge < -0.3 is 15.3 Å². The molecule has 0 aromatic heterocycles. The molecule has 11 heavy (non-hydrogen) atoms. The number of aliphatic carboxylic acids is 1. The van der Waals surface area contributed by atoms with Crippen molar-refractivity contribution in [1.29, 1.82) is 0 Å². The molecule has 1 unspecified atom stereocenters. The zero-order valence-electron chi connectivity index (χ0n) is 6.29. The van der Waals surface area contributed by atoms with E-state index in [2.05, 4.69) is 6.92 Å².